The Hall–Kier alpha value is -1.77. The molecule has 1 saturated carbocycles. The predicted molar refractivity (Wildman–Crippen MR) is 88.2 cm³/mol. The molecule has 8 heteroatoms. The smallest absolute Gasteiger partial charge is 0.274 e. The van der Waals surface area contributed by atoms with Crippen LogP contribution in [0.2, 0.25) is 0 Å². The molecule has 1 aromatic carbocycles. The minimum Gasteiger partial charge on any atom is -0.355 e. The van der Waals surface area contributed by atoms with Gasteiger partial charge in [0.25, 0.3) is 10.2 Å². The molecule has 1 aliphatic heterocycles. The minimum atomic E-state index is -3.60. The molecule has 4 rings (SSSR count). The molecule has 1 aliphatic carbocycles. The van der Waals surface area contributed by atoms with Crippen molar-refractivity contribution in [3.05, 3.63) is 30.1 Å². The monoisotopic (exact) mass is 333 g/mol. The summed E-state index contributed by atoms with van der Waals surface area (Å²) in [6, 6.07) is 6.17. The fourth-order valence-corrected chi connectivity index (χ4v) is 4.51. The molecule has 3 N–H and O–H groups in total. The summed E-state index contributed by atoms with van der Waals surface area (Å²) in [4.78, 5) is 11.0. The van der Waals surface area contributed by atoms with Gasteiger partial charge in [0.1, 0.15) is 12.1 Å². The van der Waals surface area contributed by atoms with E-state index in [0.29, 0.717) is 0 Å². The van der Waals surface area contributed by atoms with Gasteiger partial charge in [-0.3, -0.25) is 0 Å². The third-order valence-corrected chi connectivity index (χ3v) is 5.47. The van der Waals surface area contributed by atoms with Gasteiger partial charge in [-0.25, -0.2) is 15.1 Å². The van der Waals surface area contributed by atoms with Crippen molar-refractivity contribution in [2.24, 2.45) is 10.6 Å². The SMILES string of the molecule is Cc1ccc2c(N3CC4(CC(NS(N)(=O)=O)C4)C3)ncnc2c1. The van der Waals surface area contributed by atoms with E-state index in [1.54, 1.807) is 6.33 Å². The number of aromatic nitrogens is 2. The van der Waals surface area contributed by atoms with E-state index in [1.807, 2.05) is 6.92 Å². The Morgan fingerprint density at radius 2 is 2.04 bits per heavy atom. The van der Waals surface area contributed by atoms with Crippen LogP contribution < -0.4 is 14.8 Å². The highest BCUT2D eigenvalue weighted by atomic mass is 32.2. The van der Waals surface area contributed by atoms with Crippen LogP contribution in [0.15, 0.2) is 24.5 Å². The molecule has 0 radical (unpaired) electrons. The second-order valence-corrected chi connectivity index (χ2v) is 8.17. The predicted octanol–water partition coefficient (Wildman–Crippen LogP) is 0.700. The van der Waals surface area contributed by atoms with Crippen LogP contribution in [0.1, 0.15) is 18.4 Å². The van der Waals surface area contributed by atoms with Crippen LogP contribution >= 0.6 is 0 Å². The fourth-order valence-electron chi connectivity index (χ4n) is 3.88. The lowest BCUT2D eigenvalue weighted by Gasteiger charge is -2.59. The molecule has 0 amide bonds. The van der Waals surface area contributed by atoms with E-state index in [9.17, 15) is 8.42 Å². The molecule has 0 atom stereocenters. The molecule has 1 saturated heterocycles. The Morgan fingerprint density at radius 1 is 1.30 bits per heavy atom. The van der Waals surface area contributed by atoms with Crippen molar-refractivity contribution in [3.63, 3.8) is 0 Å². The molecule has 0 bridgehead atoms. The molecule has 2 aromatic rings. The first-order chi connectivity index (χ1) is 10.8. The van der Waals surface area contributed by atoms with Crippen molar-refractivity contribution in [1.29, 1.82) is 0 Å². The van der Waals surface area contributed by atoms with E-state index in [0.717, 1.165) is 42.7 Å². The number of nitrogens with one attached hydrogen (secondary N) is 1. The molecule has 2 fully saturated rings. The number of hydrogen-bond donors (Lipinski definition) is 2. The van der Waals surface area contributed by atoms with Crippen molar-refractivity contribution < 1.29 is 8.42 Å². The molecule has 1 aromatic heterocycles. The van der Waals surface area contributed by atoms with E-state index in [-0.39, 0.29) is 11.5 Å². The second kappa shape index (κ2) is 4.86. The number of nitrogens with two attached hydrogens (primary N) is 1. The zero-order chi connectivity index (χ0) is 16.2. The highest BCUT2D eigenvalue weighted by Crippen LogP contribution is 2.50. The fraction of sp³-hybridized carbons (Fsp3) is 0.467. The van der Waals surface area contributed by atoms with Crippen LogP contribution in [0.25, 0.3) is 10.9 Å². The standard InChI is InChI=1S/C15H19N5O2S/c1-10-2-3-12-13(4-10)17-9-18-14(12)20-7-15(8-20)5-11(6-15)19-23(16,21)22/h2-4,9,11,19H,5-8H2,1H3,(H2,16,21,22). The lowest BCUT2D eigenvalue weighted by Crippen LogP contribution is -2.67. The van der Waals surface area contributed by atoms with Crippen molar-refractivity contribution >= 4 is 26.9 Å². The Bertz CT molecular complexity index is 869. The van der Waals surface area contributed by atoms with Gasteiger partial charge in [0.2, 0.25) is 0 Å². The zero-order valence-corrected chi connectivity index (χ0v) is 13.7. The summed E-state index contributed by atoms with van der Waals surface area (Å²) in [5, 5.41) is 6.08. The van der Waals surface area contributed by atoms with Gasteiger partial charge >= 0.3 is 0 Å². The normalized spacial score (nSPS) is 20.5. The van der Waals surface area contributed by atoms with E-state index in [1.165, 1.54) is 5.56 Å². The third kappa shape index (κ3) is 2.66. The first kappa shape index (κ1) is 14.8. The van der Waals surface area contributed by atoms with E-state index in [4.69, 9.17) is 5.14 Å². The summed E-state index contributed by atoms with van der Waals surface area (Å²) < 4.78 is 24.6. The van der Waals surface area contributed by atoms with Crippen molar-refractivity contribution in [1.82, 2.24) is 14.7 Å². The van der Waals surface area contributed by atoms with Gasteiger partial charge in [0.15, 0.2) is 0 Å². The van der Waals surface area contributed by atoms with Gasteiger partial charge in [-0.05, 0) is 37.5 Å². The summed E-state index contributed by atoms with van der Waals surface area (Å²) in [7, 11) is -3.60. The van der Waals surface area contributed by atoms with Crippen molar-refractivity contribution in [2.75, 3.05) is 18.0 Å². The maximum atomic E-state index is 11.1. The van der Waals surface area contributed by atoms with Gasteiger partial charge in [-0.15, -0.1) is 0 Å². The van der Waals surface area contributed by atoms with Gasteiger partial charge < -0.3 is 4.90 Å². The number of anilines is 1. The summed E-state index contributed by atoms with van der Waals surface area (Å²) in [5.41, 5.74) is 2.33. The maximum absolute atomic E-state index is 11.1. The van der Waals surface area contributed by atoms with Crippen LogP contribution in [0, 0.1) is 12.3 Å². The summed E-state index contributed by atoms with van der Waals surface area (Å²) >= 11 is 0. The first-order valence-electron chi connectivity index (χ1n) is 7.60. The topological polar surface area (TPSA) is 101 Å². The Kier molecular flexibility index (Phi) is 3.13. The molecule has 23 heavy (non-hydrogen) atoms. The molecule has 1 spiro atoms. The summed E-state index contributed by atoms with van der Waals surface area (Å²) in [6.07, 6.45) is 3.28. The number of benzene rings is 1. The van der Waals surface area contributed by atoms with E-state index >= 15 is 0 Å². The van der Waals surface area contributed by atoms with Gasteiger partial charge in [-0.2, -0.15) is 13.1 Å². The molecular formula is C15H19N5O2S. The number of hydrogen-bond acceptors (Lipinski definition) is 5. The summed E-state index contributed by atoms with van der Waals surface area (Å²) in [5.74, 6) is 0.962. The van der Waals surface area contributed by atoms with Crippen LogP contribution in [0.5, 0.6) is 0 Å². The van der Waals surface area contributed by atoms with E-state index < -0.39 is 10.2 Å². The van der Waals surface area contributed by atoms with Gasteiger partial charge in [0, 0.05) is 29.9 Å². The number of fused-ring (bicyclic) bond motifs is 1. The Morgan fingerprint density at radius 3 is 2.74 bits per heavy atom. The summed E-state index contributed by atoms with van der Waals surface area (Å²) in [6.45, 7) is 3.85. The van der Waals surface area contributed by atoms with Gasteiger partial charge in [-0.1, -0.05) is 6.07 Å². The Balaban J connectivity index is 1.47. The van der Waals surface area contributed by atoms with Crippen molar-refractivity contribution in [3.8, 4) is 0 Å². The van der Waals surface area contributed by atoms with Gasteiger partial charge in [0.05, 0.1) is 5.52 Å². The third-order valence-electron chi connectivity index (χ3n) is 4.81. The second-order valence-electron chi connectivity index (χ2n) is 6.84. The van der Waals surface area contributed by atoms with E-state index in [2.05, 4.69) is 37.8 Å². The number of aryl methyl sites for hydroxylation is 1. The first-order valence-corrected chi connectivity index (χ1v) is 9.15. The van der Waals surface area contributed by atoms with Crippen molar-refractivity contribution in [2.45, 2.75) is 25.8 Å². The maximum Gasteiger partial charge on any atom is 0.274 e. The zero-order valence-electron chi connectivity index (χ0n) is 12.9. The van der Waals surface area contributed by atoms with Crippen LogP contribution in [0.3, 0.4) is 0 Å². The number of rotatable bonds is 3. The minimum absolute atomic E-state index is 0.0306. The lowest BCUT2D eigenvalue weighted by molar-refractivity contribution is 0.0586. The molecule has 2 aliphatic rings. The number of nitrogens with zero attached hydrogens (tertiary/aromatic N) is 3. The average molecular weight is 333 g/mol. The molecule has 0 unspecified atom stereocenters. The highest BCUT2D eigenvalue weighted by molar-refractivity contribution is 7.87. The van der Waals surface area contributed by atoms with Crippen LogP contribution in [-0.4, -0.2) is 37.5 Å². The Labute approximate surface area is 135 Å². The molecule has 122 valence electrons. The quantitative estimate of drug-likeness (QED) is 0.861. The lowest BCUT2D eigenvalue weighted by atomic mass is 9.61. The van der Waals surface area contributed by atoms with Crippen LogP contribution in [-0.2, 0) is 10.2 Å². The largest absolute Gasteiger partial charge is 0.355 e. The van der Waals surface area contributed by atoms with Crippen LogP contribution in [0.4, 0.5) is 5.82 Å². The highest BCUT2D eigenvalue weighted by Gasteiger charge is 2.53. The molecule has 2 heterocycles. The molecule has 7 nitrogen and oxygen atoms in total. The average Bonchev–Trinajstić information content (AvgIpc) is 2.38. The molecular weight excluding hydrogens is 314 g/mol.